The fourth-order valence-corrected chi connectivity index (χ4v) is 4.23. The van der Waals surface area contributed by atoms with Crippen molar-refractivity contribution in [2.45, 2.75) is 24.7 Å². The highest BCUT2D eigenvalue weighted by atomic mass is 19.4. The Morgan fingerprint density at radius 1 is 1.00 bits per heavy atom. The van der Waals surface area contributed by atoms with Crippen LogP contribution in [0.2, 0.25) is 0 Å². The van der Waals surface area contributed by atoms with Crippen molar-refractivity contribution in [1.29, 1.82) is 0 Å². The minimum Gasteiger partial charge on any atom is -0.397 e. The van der Waals surface area contributed by atoms with E-state index in [0.29, 0.717) is 35.5 Å². The van der Waals surface area contributed by atoms with Gasteiger partial charge in [-0.25, -0.2) is 0 Å². The summed E-state index contributed by atoms with van der Waals surface area (Å²) in [4.78, 5) is 27.3. The first-order valence-electron chi connectivity index (χ1n) is 11.9. The molecule has 38 heavy (non-hydrogen) atoms. The van der Waals surface area contributed by atoms with Crippen LogP contribution in [0.25, 0.3) is 6.08 Å². The number of nitrogen functional groups attached to an aromatic ring is 1. The van der Waals surface area contributed by atoms with Crippen molar-refractivity contribution in [3.8, 4) is 0 Å². The zero-order valence-corrected chi connectivity index (χ0v) is 20.3. The summed E-state index contributed by atoms with van der Waals surface area (Å²) in [5.41, 5.74) is 7.58. The number of aliphatic hydroxyl groups excluding tert-OH is 1. The van der Waals surface area contributed by atoms with Gasteiger partial charge in [-0.1, -0.05) is 36.4 Å². The van der Waals surface area contributed by atoms with E-state index in [-0.39, 0.29) is 18.1 Å². The highest BCUT2D eigenvalue weighted by molar-refractivity contribution is 6.03. The minimum absolute atomic E-state index is 0.234. The van der Waals surface area contributed by atoms with Gasteiger partial charge in [0.05, 0.1) is 23.0 Å². The minimum atomic E-state index is -4.47. The van der Waals surface area contributed by atoms with E-state index in [0.717, 1.165) is 12.1 Å². The molecule has 1 saturated heterocycles. The van der Waals surface area contributed by atoms with Crippen LogP contribution in [0.5, 0.6) is 0 Å². The standard InChI is InChI=1S/C28H27F3N4O3/c29-28(30,31)20-10-12-21(13-11-20)33-27(38)26(35-16-15-22(36)17-35)19-8-5-18(6-9-19)7-14-25(37)34-24-4-2-1-3-23(24)32/h1-14,22,26,36H,15-17,32H2,(H,33,38)(H,34,37). The molecule has 0 saturated carbocycles. The molecule has 2 amide bonds. The second-order valence-electron chi connectivity index (χ2n) is 8.98. The number of anilines is 3. The summed E-state index contributed by atoms with van der Waals surface area (Å²) in [6.07, 6.45) is -1.55. The van der Waals surface area contributed by atoms with Crippen LogP contribution in [0.1, 0.15) is 29.2 Å². The molecule has 0 aromatic heterocycles. The molecule has 0 radical (unpaired) electrons. The number of nitrogens with one attached hydrogen (secondary N) is 2. The van der Waals surface area contributed by atoms with Crippen LogP contribution in [0.15, 0.2) is 78.9 Å². The maximum Gasteiger partial charge on any atom is 0.416 e. The zero-order chi connectivity index (χ0) is 27.3. The number of nitrogens with zero attached hydrogens (tertiary/aromatic N) is 1. The average Bonchev–Trinajstić information content (AvgIpc) is 3.30. The largest absolute Gasteiger partial charge is 0.416 e. The third kappa shape index (κ3) is 6.78. The van der Waals surface area contributed by atoms with Gasteiger partial charge in [-0.15, -0.1) is 0 Å². The van der Waals surface area contributed by atoms with Crippen molar-refractivity contribution < 1.29 is 27.9 Å². The molecular weight excluding hydrogens is 497 g/mol. The molecule has 1 aliphatic rings. The first-order valence-corrected chi connectivity index (χ1v) is 11.9. The number of aliphatic hydroxyl groups is 1. The molecule has 1 aliphatic heterocycles. The molecule has 5 N–H and O–H groups in total. The number of rotatable bonds is 7. The topological polar surface area (TPSA) is 108 Å². The third-order valence-corrected chi connectivity index (χ3v) is 6.19. The molecule has 198 valence electrons. The van der Waals surface area contributed by atoms with Gasteiger partial charge in [-0.2, -0.15) is 13.2 Å². The molecule has 1 fully saturated rings. The number of hydrogen-bond donors (Lipinski definition) is 4. The van der Waals surface area contributed by atoms with Crippen molar-refractivity contribution in [2.24, 2.45) is 0 Å². The van der Waals surface area contributed by atoms with Gasteiger partial charge < -0.3 is 21.5 Å². The van der Waals surface area contributed by atoms with Gasteiger partial charge in [0.25, 0.3) is 0 Å². The fraction of sp³-hybridized carbons (Fsp3) is 0.214. The highest BCUT2D eigenvalue weighted by Gasteiger charge is 2.33. The Hall–Kier alpha value is -4.15. The Morgan fingerprint density at radius 3 is 2.29 bits per heavy atom. The number of carbonyl (C=O) groups is 2. The molecule has 0 aliphatic carbocycles. The van der Waals surface area contributed by atoms with E-state index in [1.807, 2.05) is 4.90 Å². The lowest BCUT2D eigenvalue weighted by Gasteiger charge is -2.27. The summed E-state index contributed by atoms with van der Waals surface area (Å²) in [6.45, 7) is 0.770. The first kappa shape index (κ1) is 26.9. The van der Waals surface area contributed by atoms with Gasteiger partial charge in [0, 0.05) is 24.9 Å². The van der Waals surface area contributed by atoms with E-state index in [2.05, 4.69) is 10.6 Å². The summed E-state index contributed by atoms with van der Waals surface area (Å²) in [7, 11) is 0. The maximum absolute atomic E-state index is 13.3. The Balaban J connectivity index is 1.47. The quantitative estimate of drug-likeness (QED) is 0.265. The smallest absolute Gasteiger partial charge is 0.397 e. The number of hydrogen-bond acceptors (Lipinski definition) is 5. The lowest BCUT2D eigenvalue weighted by atomic mass is 10.0. The van der Waals surface area contributed by atoms with Crippen molar-refractivity contribution in [1.82, 2.24) is 4.90 Å². The normalized spacial score (nSPS) is 16.9. The summed E-state index contributed by atoms with van der Waals surface area (Å²) >= 11 is 0. The van der Waals surface area contributed by atoms with Gasteiger partial charge in [0.2, 0.25) is 11.8 Å². The molecule has 3 aromatic carbocycles. The fourth-order valence-electron chi connectivity index (χ4n) is 4.23. The number of halogens is 3. The monoisotopic (exact) mass is 524 g/mol. The van der Waals surface area contributed by atoms with E-state index in [9.17, 15) is 27.9 Å². The van der Waals surface area contributed by atoms with Crippen LogP contribution in [-0.2, 0) is 15.8 Å². The van der Waals surface area contributed by atoms with Crippen LogP contribution < -0.4 is 16.4 Å². The van der Waals surface area contributed by atoms with E-state index < -0.39 is 29.8 Å². The van der Waals surface area contributed by atoms with E-state index in [4.69, 9.17) is 5.73 Å². The SMILES string of the molecule is Nc1ccccc1NC(=O)C=Cc1ccc(C(C(=O)Nc2ccc(C(F)(F)F)cc2)N2CCC(O)C2)cc1. The van der Waals surface area contributed by atoms with Crippen molar-refractivity contribution in [2.75, 3.05) is 29.5 Å². The Labute approximate surface area is 217 Å². The van der Waals surface area contributed by atoms with Crippen molar-refractivity contribution in [3.63, 3.8) is 0 Å². The molecule has 2 unspecified atom stereocenters. The molecule has 0 spiro atoms. The van der Waals surface area contributed by atoms with Crippen LogP contribution in [0.4, 0.5) is 30.2 Å². The number of amides is 2. The molecular formula is C28H27F3N4O3. The predicted molar refractivity (Wildman–Crippen MR) is 140 cm³/mol. The zero-order valence-electron chi connectivity index (χ0n) is 20.3. The van der Waals surface area contributed by atoms with Gasteiger partial charge in [0.15, 0.2) is 0 Å². The van der Waals surface area contributed by atoms with Gasteiger partial charge in [-0.3, -0.25) is 14.5 Å². The summed E-state index contributed by atoms with van der Waals surface area (Å²) in [6, 6.07) is 17.4. The van der Waals surface area contributed by atoms with Crippen LogP contribution in [0.3, 0.4) is 0 Å². The van der Waals surface area contributed by atoms with Crippen molar-refractivity contribution >= 4 is 35.0 Å². The van der Waals surface area contributed by atoms with Gasteiger partial charge in [0.1, 0.15) is 6.04 Å². The van der Waals surface area contributed by atoms with Gasteiger partial charge >= 0.3 is 6.18 Å². The molecule has 3 aromatic rings. The number of β-amino-alcohol motifs (C(OH)–C–C–N with tert-alkyl or cyclic N) is 1. The number of carbonyl (C=O) groups excluding carboxylic acids is 2. The average molecular weight is 525 g/mol. The molecule has 7 nitrogen and oxygen atoms in total. The summed E-state index contributed by atoms with van der Waals surface area (Å²) < 4.78 is 38.6. The molecule has 2 atom stereocenters. The van der Waals surface area contributed by atoms with Crippen molar-refractivity contribution in [3.05, 3.63) is 95.6 Å². The second-order valence-corrected chi connectivity index (χ2v) is 8.98. The van der Waals surface area contributed by atoms with Crippen LogP contribution in [0, 0.1) is 0 Å². The summed E-state index contributed by atoms with van der Waals surface area (Å²) in [5.74, 6) is -0.784. The van der Waals surface area contributed by atoms with E-state index in [1.54, 1.807) is 54.6 Å². The number of nitrogens with two attached hydrogens (primary N) is 1. The third-order valence-electron chi connectivity index (χ3n) is 6.19. The number of likely N-dealkylation sites (tertiary alicyclic amines) is 1. The maximum atomic E-state index is 13.3. The molecule has 10 heteroatoms. The number of alkyl halides is 3. The number of benzene rings is 3. The van der Waals surface area contributed by atoms with E-state index in [1.165, 1.54) is 18.2 Å². The first-order chi connectivity index (χ1) is 18.1. The predicted octanol–water partition coefficient (Wildman–Crippen LogP) is 4.69. The molecule has 4 rings (SSSR count). The molecule has 0 bridgehead atoms. The molecule has 1 heterocycles. The lowest BCUT2D eigenvalue weighted by Crippen LogP contribution is -2.36. The summed E-state index contributed by atoms with van der Waals surface area (Å²) in [5, 5.41) is 15.4. The Kier molecular flexibility index (Phi) is 8.13. The lowest BCUT2D eigenvalue weighted by molar-refractivity contribution is -0.137. The number of para-hydroxylation sites is 2. The Bertz CT molecular complexity index is 1310. The Morgan fingerprint density at radius 2 is 1.68 bits per heavy atom. The van der Waals surface area contributed by atoms with Gasteiger partial charge in [-0.05, 0) is 60.0 Å². The highest BCUT2D eigenvalue weighted by Crippen LogP contribution is 2.31. The van der Waals surface area contributed by atoms with Crippen LogP contribution >= 0.6 is 0 Å². The van der Waals surface area contributed by atoms with E-state index >= 15 is 0 Å². The van der Waals surface area contributed by atoms with Crippen LogP contribution in [-0.4, -0.2) is 41.0 Å². The second kappa shape index (κ2) is 11.5.